The predicted molar refractivity (Wildman–Crippen MR) is 84.6 cm³/mol. The number of aromatic nitrogens is 1. The van der Waals surface area contributed by atoms with E-state index in [4.69, 9.17) is 14.6 Å². The molecule has 0 bridgehead atoms. The fraction of sp³-hybridized carbons (Fsp3) is 0.353. The first kappa shape index (κ1) is 15.6. The molecule has 2 heterocycles. The van der Waals surface area contributed by atoms with E-state index >= 15 is 0 Å². The first-order valence-corrected chi connectivity index (χ1v) is 7.57. The molecule has 0 radical (unpaired) electrons. The molecular formula is C17H19FN2O3. The standard InChI is InChI=1S/C17H19FN2O3/c1-11-10-23-17-15(19-11)9-13(16(20-17)22-7-6-21)8-12-2-4-14(18)5-3-12/h2-5,9,11,19,21H,6-8,10H2,1H3/t11-/m0/s1. The molecule has 1 aromatic carbocycles. The Balaban J connectivity index is 1.91. The van der Waals surface area contributed by atoms with E-state index in [-0.39, 0.29) is 25.1 Å². The maximum Gasteiger partial charge on any atom is 0.240 e. The molecule has 1 aliphatic rings. The maximum atomic E-state index is 13.0. The van der Waals surface area contributed by atoms with Gasteiger partial charge in [-0.3, -0.25) is 0 Å². The lowest BCUT2D eigenvalue weighted by atomic mass is 10.1. The van der Waals surface area contributed by atoms with Gasteiger partial charge >= 0.3 is 0 Å². The number of aliphatic hydroxyl groups excluding tert-OH is 1. The molecule has 1 aromatic heterocycles. The third-order valence-corrected chi connectivity index (χ3v) is 3.54. The molecule has 1 atom stereocenters. The van der Waals surface area contributed by atoms with Crippen molar-refractivity contribution in [2.75, 3.05) is 25.1 Å². The maximum absolute atomic E-state index is 13.0. The lowest BCUT2D eigenvalue weighted by molar-refractivity contribution is 0.192. The largest absolute Gasteiger partial charge is 0.475 e. The SMILES string of the molecule is C[C@H]1COc2nc(OCCO)c(Cc3ccc(F)cc3)cc2N1. The summed E-state index contributed by atoms with van der Waals surface area (Å²) in [6.07, 6.45) is 0.553. The Morgan fingerprint density at radius 1 is 1.39 bits per heavy atom. The summed E-state index contributed by atoms with van der Waals surface area (Å²) in [5.41, 5.74) is 2.62. The molecule has 0 aliphatic carbocycles. The highest BCUT2D eigenvalue weighted by Gasteiger charge is 2.20. The predicted octanol–water partition coefficient (Wildman–Crippen LogP) is 2.38. The van der Waals surface area contributed by atoms with E-state index in [1.54, 1.807) is 12.1 Å². The number of benzene rings is 1. The van der Waals surface area contributed by atoms with Crippen molar-refractivity contribution < 1.29 is 19.0 Å². The summed E-state index contributed by atoms with van der Waals surface area (Å²) >= 11 is 0. The van der Waals surface area contributed by atoms with E-state index in [2.05, 4.69) is 10.3 Å². The lowest BCUT2D eigenvalue weighted by Gasteiger charge is -2.25. The third kappa shape index (κ3) is 3.71. The van der Waals surface area contributed by atoms with E-state index < -0.39 is 0 Å². The van der Waals surface area contributed by atoms with E-state index in [1.165, 1.54) is 12.1 Å². The van der Waals surface area contributed by atoms with Crippen molar-refractivity contribution in [1.29, 1.82) is 0 Å². The van der Waals surface area contributed by atoms with Gasteiger partial charge in [-0.1, -0.05) is 12.1 Å². The number of anilines is 1. The van der Waals surface area contributed by atoms with Crippen molar-refractivity contribution >= 4 is 5.69 Å². The highest BCUT2D eigenvalue weighted by molar-refractivity contribution is 5.59. The molecule has 0 saturated heterocycles. The molecular weight excluding hydrogens is 299 g/mol. The van der Waals surface area contributed by atoms with Crippen LogP contribution in [-0.4, -0.2) is 36.0 Å². The van der Waals surface area contributed by atoms with E-state index in [1.807, 2.05) is 13.0 Å². The van der Waals surface area contributed by atoms with Crippen LogP contribution in [0.4, 0.5) is 10.1 Å². The molecule has 0 saturated carbocycles. The molecule has 5 nitrogen and oxygen atoms in total. The number of fused-ring (bicyclic) bond motifs is 1. The second-order valence-electron chi connectivity index (χ2n) is 5.54. The highest BCUT2D eigenvalue weighted by Crippen LogP contribution is 2.33. The molecule has 2 aromatic rings. The van der Waals surface area contributed by atoms with Gasteiger partial charge in [-0.2, -0.15) is 4.98 Å². The molecule has 0 fully saturated rings. The Morgan fingerprint density at radius 3 is 2.91 bits per heavy atom. The number of rotatable bonds is 5. The van der Waals surface area contributed by atoms with Gasteiger partial charge in [0, 0.05) is 12.0 Å². The van der Waals surface area contributed by atoms with E-state index in [9.17, 15) is 4.39 Å². The van der Waals surface area contributed by atoms with Crippen LogP contribution in [0.3, 0.4) is 0 Å². The van der Waals surface area contributed by atoms with Crippen LogP contribution in [0.15, 0.2) is 30.3 Å². The summed E-state index contributed by atoms with van der Waals surface area (Å²) < 4.78 is 24.2. The lowest BCUT2D eigenvalue weighted by Crippen LogP contribution is -2.29. The number of ether oxygens (including phenoxy) is 2. The van der Waals surface area contributed by atoms with Gasteiger partial charge in [0.1, 0.15) is 19.0 Å². The molecule has 122 valence electrons. The van der Waals surface area contributed by atoms with Gasteiger partial charge in [-0.25, -0.2) is 4.39 Å². The van der Waals surface area contributed by atoms with Crippen molar-refractivity contribution in [1.82, 2.24) is 4.98 Å². The Hall–Kier alpha value is -2.34. The Morgan fingerprint density at radius 2 is 2.17 bits per heavy atom. The number of halogens is 1. The van der Waals surface area contributed by atoms with Gasteiger partial charge in [0.2, 0.25) is 11.8 Å². The minimum absolute atomic E-state index is 0.0924. The van der Waals surface area contributed by atoms with Crippen LogP contribution >= 0.6 is 0 Å². The minimum atomic E-state index is -0.266. The first-order valence-electron chi connectivity index (χ1n) is 7.57. The van der Waals surface area contributed by atoms with Crippen LogP contribution in [0.2, 0.25) is 0 Å². The van der Waals surface area contributed by atoms with Gasteiger partial charge in [0.25, 0.3) is 0 Å². The first-order chi connectivity index (χ1) is 11.2. The van der Waals surface area contributed by atoms with Crippen LogP contribution < -0.4 is 14.8 Å². The summed E-state index contributed by atoms with van der Waals surface area (Å²) in [7, 11) is 0. The molecule has 6 heteroatoms. The average Bonchev–Trinajstić information content (AvgIpc) is 2.55. The fourth-order valence-corrected chi connectivity index (χ4v) is 2.46. The van der Waals surface area contributed by atoms with Crippen molar-refractivity contribution in [2.45, 2.75) is 19.4 Å². The molecule has 0 unspecified atom stereocenters. The monoisotopic (exact) mass is 318 g/mol. The summed E-state index contributed by atoms with van der Waals surface area (Å²) in [5.74, 6) is 0.662. The average molecular weight is 318 g/mol. The summed E-state index contributed by atoms with van der Waals surface area (Å²) in [6, 6.07) is 8.47. The molecule has 2 N–H and O–H groups in total. The number of pyridine rings is 1. The second kappa shape index (κ2) is 6.83. The smallest absolute Gasteiger partial charge is 0.240 e. The molecule has 0 amide bonds. The zero-order valence-electron chi connectivity index (χ0n) is 12.9. The highest BCUT2D eigenvalue weighted by atomic mass is 19.1. The van der Waals surface area contributed by atoms with Gasteiger partial charge < -0.3 is 19.9 Å². The van der Waals surface area contributed by atoms with Gasteiger partial charge in [-0.15, -0.1) is 0 Å². The third-order valence-electron chi connectivity index (χ3n) is 3.54. The van der Waals surface area contributed by atoms with Crippen LogP contribution in [0.1, 0.15) is 18.1 Å². The van der Waals surface area contributed by atoms with Crippen molar-refractivity contribution in [3.8, 4) is 11.8 Å². The van der Waals surface area contributed by atoms with Gasteiger partial charge in [0.15, 0.2) is 0 Å². The number of aliphatic hydroxyl groups is 1. The zero-order chi connectivity index (χ0) is 16.2. The van der Waals surface area contributed by atoms with Crippen molar-refractivity contribution in [3.63, 3.8) is 0 Å². The zero-order valence-corrected chi connectivity index (χ0v) is 12.9. The number of nitrogens with zero attached hydrogens (tertiary/aromatic N) is 1. The fourth-order valence-electron chi connectivity index (χ4n) is 2.46. The van der Waals surface area contributed by atoms with Crippen LogP contribution in [0, 0.1) is 5.82 Å². The van der Waals surface area contributed by atoms with Crippen molar-refractivity contribution in [3.05, 3.63) is 47.3 Å². The Labute approximate surface area is 134 Å². The van der Waals surface area contributed by atoms with Crippen LogP contribution in [0.5, 0.6) is 11.8 Å². The van der Waals surface area contributed by atoms with E-state index in [0.29, 0.717) is 24.8 Å². The molecule has 23 heavy (non-hydrogen) atoms. The molecule has 1 aliphatic heterocycles. The van der Waals surface area contributed by atoms with Gasteiger partial charge in [0.05, 0.1) is 18.3 Å². The molecule has 3 rings (SSSR count). The normalized spacial score (nSPS) is 16.2. The Bertz CT molecular complexity index is 676. The second-order valence-corrected chi connectivity index (χ2v) is 5.54. The summed E-state index contributed by atoms with van der Waals surface area (Å²) in [5, 5.41) is 12.3. The summed E-state index contributed by atoms with van der Waals surface area (Å²) in [6.45, 7) is 2.63. The summed E-state index contributed by atoms with van der Waals surface area (Å²) in [4.78, 5) is 4.41. The Kier molecular flexibility index (Phi) is 4.62. The van der Waals surface area contributed by atoms with Crippen LogP contribution in [0.25, 0.3) is 0 Å². The van der Waals surface area contributed by atoms with Crippen LogP contribution in [-0.2, 0) is 6.42 Å². The van der Waals surface area contributed by atoms with Gasteiger partial charge in [-0.05, 0) is 30.7 Å². The van der Waals surface area contributed by atoms with E-state index in [0.717, 1.165) is 16.8 Å². The topological polar surface area (TPSA) is 63.6 Å². The number of hydrogen-bond acceptors (Lipinski definition) is 5. The molecule has 0 spiro atoms. The minimum Gasteiger partial charge on any atom is -0.475 e. The number of hydrogen-bond donors (Lipinski definition) is 2. The number of nitrogens with one attached hydrogen (secondary N) is 1. The quantitative estimate of drug-likeness (QED) is 0.886. The van der Waals surface area contributed by atoms with Crippen molar-refractivity contribution in [2.24, 2.45) is 0 Å².